The zero-order valence-electron chi connectivity index (χ0n) is 25.3. The van der Waals surface area contributed by atoms with Crippen molar-refractivity contribution in [1.29, 1.82) is 0 Å². The molecule has 0 saturated carbocycles. The number of carbonyl (C=O) groups excluding carboxylic acids is 1. The molecule has 0 aliphatic carbocycles. The molecule has 1 amide bonds. The van der Waals surface area contributed by atoms with Gasteiger partial charge in [-0.15, -0.1) is 0 Å². The molecule has 7 N–H and O–H groups in total. The van der Waals surface area contributed by atoms with Gasteiger partial charge in [0.1, 0.15) is 0 Å². The molecular weight excluding hydrogens is 548 g/mol. The number of nitrogens with one attached hydrogen (secondary N) is 4. The van der Waals surface area contributed by atoms with E-state index in [0.717, 1.165) is 51.0 Å². The minimum atomic E-state index is -0.914. The number of allylic oxidation sites excluding steroid dienone is 1. The highest BCUT2D eigenvalue weighted by molar-refractivity contribution is 5.86. The highest BCUT2D eigenvalue weighted by Crippen LogP contribution is 2.32. The molecule has 3 aromatic rings. The maximum absolute atomic E-state index is 12.4. The van der Waals surface area contributed by atoms with Crippen LogP contribution in [0.1, 0.15) is 83.6 Å². The second-order valence-corrected chi connectivity index (χ2v) is 11.2. The smallest absolute Gasteiger partial charge is 0.303 e. The number of carboxylic acids is 2. The lowest BCUT2D eigenvalue weighted by Crippen LogP contribution is -2.16. The largest absolute Gasteiger partial charge is 0.494 e. The summed E-state index contributed by atoms with van der Waals surface area (Å²) in [6, 6.07) is 0. The molecule has 43 heavy (non-hydrogen) atoms. The van der Waals surface area contributed by atoms with Crippen molar-refractivity contribution >= 4 is 42.1 Å². The number of hydrogen-bond donors (Lipinski definition) is 7. The summed E-state index contributed by atoms with van der Waals surface area (Å²) in [6.07, 6.45) is 8.54. The molecule has 0 aromatic carbocycles. The van der Waals surface area contributed by atoms with Crippen LogP contribution in [0.4, 0.5) is 0 Å². The summed E-state index contributed by atoms with van der Waals surface area (Å²) < 4.78 is 0. The summed E-state index contributed by atoms with van der Waals surface area (Å²) in [5, 5.41) is 33.6. The molecule has 0 unspecified atom stereocenters. The molecular formula is C33H40N4O6. The first-order valence-electron chi connectivity index (χ1n) is 14.5. The van der Waals surface area contributed by atoms with Gasteiger partial charge in [-0.1, -0.05) is 26.5 Å². The first-order valence-corrected chi connectivity index (χ1v) is 14.5. The lowest BCUT2D eigenvalue weighted by molar-refractivity contribution is -0.138. The van der Waals surface area contributed by atoms with Crippen LogP contribution in [-0.2, 0) is 27.2 Å². The lowest BCUT2D eigenvalue weighted by Gasteiger charge is -2.11. The van der Waals surface area contributed by atoms with Crippen LogP contribution in [-0.4, -0.2) is 48.1 Å². The topological polar surface area (TPSA) is 171 Å². The average Bonchev–Trinajstić information content (AvgIpc) is 3.59. The molecule has 0 spiro atoms. The Morgan fingerprint density at radius 2 is 1.44 bits per heavy atom. The van der Waals surface area contributed by atoms with E-state index in [1.54, 1.807) is 6.08 Å². The quantitative estimate of drug-likeness (QED) is 0.180. The monoisotopic (exact) mass is 588 g/mol. The molecule has 10 nitrogen and oxygen atoms in total. The van der Waals surface area contributed by atoms with Gasteiger partial charge in [-0.2, -0.15) is 0 Å². The fourth-order valence-electron chi connectivity index (χ4n) is 5.97. The van der Waals surface area contributed by atoms with Gasteiger partial charge in [0.2, 0.25) is 5.91 Å². The van der Waals surface area contributed by atoms with Gasteiger partial charge < -0.3 is 35.6 Å². The molecule has 0 radical (unpaired) electrons. The summed E-state index contributed by atoms with van der Waals surface area (Å²) in [4.78, 5) is 45.3. The van der Waals surface area contributed by atoms with Crippen molar-refractivity contribution in [3.63, 3.8) is 0 Å². The minimum Gasteiger partial charge on any atom is -0.494 e. The van der Waals surface area contributed by atoms with Crippen LogP contribution >= 0.6 is 0 Å². The van der Waals surface area contributed by atoms with E-state index in [-0.39, 0.29) is 42.9 Å². The molecule has 228 valence electrons. The Bertz CT molecular complexity index is 1750. The van der Waals surface area contributed by atoms with E-state index in [2.05, 4.69) is 26.8 Å². The molecule has 0 bridgehead atoms. The number of hydrogen-bond acceptors (Lipinski definition) is 4. The van der Waals surface area contributed by atoms with Gasteiger partial charge in [-0.05, 0) is 86.1 Å². The van der Waals surface area contributed by atoms with E-state index in [0.29, 0.717) is 28.7 Å². The fourth-order valence-corrected chi connectivity index (χ4v) is 5.97. The maximum Gasteiger partial charge on any atom is 0.303 e. The predicted molar refractivity (Wildman–Crippen MR) is 166 cm³/mol. The third-order valence-electron chi connectivity index (χ3n) is 8.60. The van der Waals surface area contributed by atoms with Crippen LogP contribution in [0.2, 0.25) is 0 Å². The summed E-state index contributed by atoms with van der Waals surface area (Å²) >= 11 is 0. The zero-order chi connectivity index (χ0) is 31.6. The summed E-state index contributed by atoms with van der Waals surface area (Å²) in [7, 11) is 0. The summed E-state index contributed by atoms with van der Waals surface area (Å²) in [5.74, 6) is -1.89. The fraction of sp³-hybridized carbons (Fsp3) is 0.364. The van der Waals surface area contributed by atoms with E-state index in [9.17, 15) is 29.7 Å². The van der Waals surface area contributed by atoms with Crippen LogP contribution in [0.3, 0.4) is 0 Å². The van der Waals surface area contributed by atoms with Gasteiger partial charge >= 0.3 is 11.9 Å². The van der Waals surface area contributed by atoms with Gasteiger partial charge in [-0.3, -0.25) is 14.4 Å². The Morgan fingerprint density at radius 1 is 0.837 bits per heavy atom. The SMILES string of the molecule is C=Cc1c(O)[nH]c(/C=c2/[nH]/c(=C\c3[nH]c(/C=C4\NC(=O)[C@H](C)[C@H]4CC)c(C)c3CCC(=O)O)c(CCC(=O)O)c2C)c1C. The van der Waals surface area contributed by atoms with Gasteiger partial charge in [0.05, 0.1) is 0 Å². The molecule has 1 saturated heterocycles. The third kappa shape index (κ3) is 6.38. The van der Waals surface area contributed by atoms with Gasteiger partial charge in [0, 0.05) is 63.7 Å². The average molecular weight is 589 g/mol. The highest BCUT2D eigenvalue weighted by atomic mass is 16.4. The standard InChI is InChI=1S/C33H40N4O6/c1-7-20-19(6)32(42)37-27(20)14-25-18(5)23(10-12-31(40)41)29(35-25)15-28-22(9-11-30(38)39)17(4)24(34-28)13-26-16(3)21(8-2)33(43)36-26/h8,13-15,19-20,34-36,43H,2,7,9-12H2,1,3-6H3,(H,37,42)(H,38,39)(H,40,41)/b24-13+,27-14-,28-15-/t19-,20-/m1/s1. The number of aromatic amines is 3. The highest BCUT2D eigenvalue weighted by Gasteiger charge is 2.34. The van der Waals surface area contributed by atoms with Crippen LogP contribution in [0, 0.1) is 32.6 Å². The minimum absolute atomic E-state index is 0.0141. The van der Waals surface area contributed by atoms with E-state index < -0.39 is 11.9 Å². The van der Waals surface area contributed by atoms with Crippen molar-refractivity contribution in [3.8, 4) is 5.88 Å². The van der Waals surface area contributed by atoms with Crippen molar-refractivity contribution in [2.24, 2.45) is 11.8 Å². The van der Waals surface area contributed by atoms with Crippen molar-refractivity contribution < 1.29 is 29.7 Å². The van der Waals surface area contributed by atoms with E-state index >= 15 is 0 Å². The van der Waals surface area contributed by atoms with Gasteiger partial charge in [-0.25, -0.2) is 0 Å². The van der Waals surface area contributed by atoms with Gasteiger partial charge in [0.25, 0.3) is 0 Å². The predicted octanol–water partition coefficient (Wildman–Crippen LogP) is 3.77. The number of aromatic nitrogens is 3. The number of carbonyl (C=O) groups is 3. The number of aromatic hydroxyl groups is 1. The van der Waals surface area contributed by atoms with Crippen molar-refractivity contribution in [3.05, 3.63) is 73.4 Å². The normalized spacial score (nSPS) is 18.5. The van der Waals surface area contributed by atoms with Crippen LogP contribution in [0.25, 0.3) is 24.3 Å². The molecule has 4 rings (SSSR count). The lowest BCUT2D eigenvalue weighted by atomic mass is 9.92. The Balaban J connectivity index is 1.91. The van der Waals surface area contributed by atoms with Crippen LogP contribution < -0.4 is 16.0 Å². The third-order valence-corrected chi connectivity index (χ3v) is 8.60. The number of rotatable bonds is 11. The van der Waals surface area contributed by atoms with E-state index in [1.807, 2.05) is 52.8 Å². The molecule has 3 aromatic heterocycles. The van der Waals surface area contributed by atoms with Crippen LogP contribution in [0.15, 0.2) is 12.3 Å². The summed E-state index contributed by atoms with van der Waals surface area (Å²) in [6.45, 7) is 13.4. The second kappa shape index (κ2) is 12.6. The number of amides is 1. The van der Waals surface area contributed by atoms with E-state index in [4.69, 9.17) is 0 Å². The Morgan fingerprint density at radius 3 is 2.02 bits per heavy atom. The maximum atomic E-state index is 12.4. The molecule has 1 fully saturated rings. The zero-order valence-corrected chi connectivity index (χ0v) is 25.3. The van der Waals surface area contributed by atoms with Crippen LogP contribution in [0.5, 0.6) is 5.88 Å². The molecule has 2 atom stereocenters. The molecule has 1 aliphatic rings. The number of aliphatic carboxylic acids is 2. The van der Waals surface area contributed by atoms with Crippen molar-refractivity contribution in [1.82, 2.24) is 20.3 Å². The number of H-pyrrole nitrogens is 3. The molecule has 10 heteroatoms. The molecule has 4 heterocycles. The van der Waals surface area contributed by atoms with E-state index in [1.165, 1.54) is 0 Å². The number of carboxylic acid groups (broad SMARTS) is 2. The molecule has 1 aliphatic heterocycles. The van der Waals surface area contributed by atoms with Crippen molar-refractivity contribution in [2.75, 3.05) is 0 Å². The first-order chi connectivity index (χ1) is 20.4. The van der Waals surface area contributed by atoms with Gasteiger partial charge in [0.15, 0.2) is 5.88 Å². The Labute approximate surface area is 249 Å². The Hall–Kier alpha value is -4.73. The summed E-state index contributed by atoms with van der Waals surface area (Å²) in [5.41, 5.74) is 7.87. The first kappa shape index (κ1) is 31.2. The second-order valence-electron chi connectivity index (χ2n) is 11.2. The Kier molecular flexibility index (Phi) is 9.18. The van der Waals surface area contributed by atoms with Crippen molar-refractivity contribution in [2.45, 2.75) is 66.7 Å².